The lowest BCUT2D eigenvalue weighted by Gasteiger charge is -2.18. The van der Waals surface area contributed by atoms with E-state index in [-0.39, 0.29) is 5.92 Å². The van der Waals surface area contributed by atoms with Gasteiger partial charge in [-0.2, -0.15) is 4.31 Å². The Morgan fingerprint density at radius 3 is 2.68 bits per heavy atom. The number of rotatable bonds is 6. The summed E-state index contributed by atoms with van der Waals surface area (Å²) in [6.45, 7) is 4.08. The van der Waals surface area contributed by atoms with E-state index in [9.17, 15) is 4.55 Å². The molecule has 2 aromatic heterocycles. The number of fused-ring (bicyclic) bond motifs is 1. The van der Waals surface area contributed by atoms with Crippen LogP contribution in [0.15, 0.2) is 48.1 Å². The van der Waals surface area contributed by atoms with Crippen LogP contribution >= 0.6 is 0 Å². The molecule has 0 fully saturated rings. The van der Waals surface area contributed by atoms with Crippen LogP contribution in [0, 0.1) is 5.92 Å². The average molecular weight is 360 g/mol. The average Bonchev–Trinajstić information content (AvgIpc) is 2.57. The fourth-order valence-electron chi connectivity index (χ4n) is 2.16. The summed E-state index contributed by atoms with van der Waals surface area (Å²) >= 11 is -1.13. The van der Waals surface area contributed by atoms with Crippen molar-refractivity contribution in [1.29, 1.82) is 0 Å². The smallest absolute Gasteiger partial charge is 0.132 e. The van der Waals surface area contributed by atoms with Gasteiger partial charge in [0.05, 0.1) is 35.6 Å². The monoisotopic (exact) mass is 360 g/mol. The molecule has 2 rings (SSSR count). The molecule has 7 nitrogen and oxygen atoms in total. The third-order valence-electron chi connectivity index (χ3n) is 3.73. The molecule has 8 heteroatoms. The summed E-state index contributed by atoms with van der Waals surface area (Å²) in [6, 6.07) is 5.50. The SMILES string of the molecule is CC(C)C(=C/N)/C=C(\N)Nc1ccc2ncc(N(C)[S+](C)[O-])cc2n1. The number of nitrogens with one attached hydrogen (secondary N) is 1. The molecular formula is C17H24N6OS. The Kier molecular flexibility index (Phi) is 6.11. The highest BCUT2D eigenvalue weighted by atomic mass is 32.2. The highest BCUT2D eigenvalue weighted by molar-refractivity contribution is 7.92. The number of aromatic nitrogens is 2. The van der Waals surface area contributed by atoms with Gasteiger partial charge in [0.1, 0.15) is 23.6 Å². The van der Waals surface area contributed by atoms with Gasteiger partial charge in [0.15, 0.2) is 0 Å². The number of nitrogens with two attached hydrogens (primary N) is 2. The normalized spacial score (nSPS) is 14.0. The first-order valence-electron chi connectivity index (χ1n) is 7.82. The molecule has 5 N–H and O–H groups in total. The third-order valence-corrected chi connectivity index (χ3v) is 4.71. The molecule has 0 spiro atoms. The molecule has 0 radical (unpaired) electrons. The van der Waals surface area contributed by atoms with E-state index in [2.05, 4.69) is 15.3 Å². The molecule has 0 aromatic carbocycles. The van der Waals surface area contributed by atoms with Crippen molar-refractivity contribution in [3.8, 4) is 0 Å². The molecule has 1 atom stereocenters. The van der Waals surface area contributed by atoms with E-state index >= 15 is 0 Å². The van der Waals surface area contributed by atoms with Gasteiger partial charge in [-0.05, 0) is 42.0 Å². The van der Waals surface area contributed by atoms with Crippen molar-refractivity contribution >= 4 is 33.9 Å². The van der Waals surface area contributed by atoms with Crippen LogP contribution < -0.4 is 21.1 Å². The first-order valence-corrected chi connectivity index (χ1v) is 9.33. The van der Waals surface area contributed by atoms with E-state index < -0.39 is 11.4 Å². The maximum atomic E-state index is 11.6. The predicted octanol–water partition coefficient (Wildman–Crippen LogP) is 2.07. The van der Waals surface area contributed by atoms with Crippen LogP contribution in [0.1, 0.15) is 13.8 Å². The maximum absolute atomic E-state index is 11.6. The quantitative estimate of drug-likeness (QED) is 0.533. The van der Waals surface area contributed by atoms with Crippen molar-refractivity contribution in [3.05, 3.63) is 48.1 Å². The second kappa shape index (κ2) is 8.09. The van der Waals surface area contributed by atoms with Crippen molar-refractivity contribution in [2.24, 2.45) is 17.4 Å². The van der Waals surface area contributed by atoms with Gasteiger partial charge in [-0.1, -0.05) is 13.8 Å². The van der Waals surface area contributed by atoms with Crippen molar-refractivity contribution in [3.63, 3.8) is 0 Å². The number of anilines is 2. The third kappa shape index (κ3) is 4.77. The van der Waals surface area contributed by atoms with Gasteiger partial charge < -0.3 is 21.3 Å². The Hall–Kier alpha value is -2.45. The van der Waals surface area contributed by atoms with Gasteiger partial charge in [0.2, 0.25) is 0 Å². The van der Waals surface area contributed by atoms with Crippen LogP contribution in [0.2, 0.25) is 0 Å². The highest BCUT2D eigenvalue weighted by Gasteiger charge is 2.12. The van der Waals surface area contributed by atoms with Crippen molar-refractivity contribution < 1.29 is 4.55 Å². The van der Waals surface area contributed by atoms with Crippen molar-refractivity contribution in [2.75, 3.05) is 22.9 Å². The van der Waals surface area contributed by atoms with Gasteiger partial charge in [0.25, 0.3) is 0 Å². The summed E-state index contributed by atoms with van der Waals surface area (Å²) < 4.78 is 13.2. The number of nitrogens with zero attached hydrogens (tertiary/aromatic N) is 3. The van der Waals surface area contributed by atoms with Crippen molar-refractivity contribution in [1.82, 2.24) is 9.97 Å². The highest BCUT2D eigenvalue weighted by Crippen LogP contribution is 2.21. The second-order valence-electron chi connectivity index (χ2n) is 5.90. The molecule has 1 unspecified atom stereocenters. The summed E-state index contributed by atoms with van der Waals surface area (Å²) in [5.74, 6) is 1.32. The minimum atomic E-state index is -1.13. The number of pyridine rings is 2. The molecule has 2 heterocycles. The van der Waals surface area contributed by atoms with E-state index in [1.807, 2.05) is 26.0 Å². The molecule has 0 aliphatic heterocycles. The Balaban J connectivity index is 2.29. The van der Waals surface area contributed by atoms with Gasteiger partial charge in [-0.15, -0.1) is 0 Å². The van der Waals surface area contributed by atoms with Crippen molar-refractivity contribution in [2.45, 2.75) is 13.8 Å². The van der Waals surface area contributed by atoms with Gasteiger partial charge >= 0.3 is 0 Å². The zero-order chi connectivity index (χ0) is 18.6. The van der Waals surface area contributed by atoms with E-state index in [4.69, 9.17) is 11.5 Å². The fourth-order valence-corrected chi connectivity index (χ4v) is 2.55. The molecule has 0 bridgehead atoms. The van der Waals surface area contributed by atoms with E-state index in [1.165, 1.54) is 0 Å². The minimum absolute atomic E-state index is 0.270. The predicted molar refractivity (Wildman–Crippen MR) is 105 cm³/mol. The van der Waals surface area contributed by atoms with E-state index in [0.717, 1.165) is 16.8 Å². The van der Waals surface area contributed by atoms with Gasteiger partial charge in [0, 0.05) is 0 Å². The van der Waals surface area contributed by atoms with E-state index in [0.29, 0.717) is 17.2 Å². The summed E-state index contributed by atoms with van der Waals surface area (Å²) in [4.78, 5) is 8.88. The van der Waals surface area contributed by atoms with Gasteiger partial charge in [-0.3, -0.25) is 4.98 Å². The molecule has 2 aromatic rings. The maximum Gasteiger partial charge on any atom is 0.132 e. The fraction of sp³-hybridized carbons (Fsp3) is 0.294. The van der Waals surface area contributed by atoms with Gasteiger partial charge in [-0.25, -0.2) is 4.98 Å². The van der Waals surface area contributed by atoms with Crippen LogP contribution in [-0.4, -0.2) is 27.8 Å². The number of allylic oxidation sites excluding steroid dienone is 2. The largest absolute Gasteiger partial charge is 0.593 e. The number of hydrogen-bond donors (Lipinski definition) is 3. The lowest BCUT2D eigenvalue weighted by atomic mass is 10.0. The first-order chi connectivity index (χ1) is 11.8. The molecule has 0 saturated heterocycles. The molecule has 0 aliphatic rings. The first kappa shape index (κ1) is 18.9. The lowest BCUT2D eigenvalue weighted by molar-refractivity contribution is 0.599. The Bertz CT molecular complexity index is 803. The molecule has 134 valence electrons. The molecule has 0 saturated carbocycles. The van der Waals surface area contributed by atoms with Crippen LogP contribution in [0.4, 0.5) is 11.5 Å². The molecular weight excluding hydrogens is 336 g/mol. The Morgan fingerprint density at radius 1 is 1.36 bits per heavy atom. The summed E-state index contributed by atoms with van der Waals surface area (Å²) in [5, 5.41) is 3.06. The van der Waals surface area contributed by atoms with Crippen LogP contribution in [0.25, 0.3) is 11.0 Å². The topological polar surface area (TPSA) is 116 Å². The van der Waals surface area contributed by atoms with Crippen LogP contribution in [0.5, 0.6) is 0 Å². The number of hydrogen-bond acceptors (Lipinski definition) is 7. The minimum Gasteiger partial charge on any atom is -0.593 e. The summed E-state index contributed by atoms with van der Waals surface area (Å²) in [7, 11) is 1.74. The van der Waals surface area contributed by atoms with E-state index in [1.54, 1.807) is 42.1 Å². The lowest BCUT2D eigenvalue weighted by Crippen LogP contribution is -2.24. The standard InChI is InChI=1S/C17H24N6OS/c1-11(2)12(9-18)7-16(19)22-17-6-5-14-15(21-17)8-13(10-20-14)23(3)25(4)24/h5-11H,18-19H2,1-4H3,(H,21,22)/b12-9+,16-7+. The van der Waals surface area contributed by atoms with Crippen LogP contribution in [-0.2, 0) is 11.4 Å². The molecule has 0 amide bonds. The Morgan fingerprint density at radius 2 is 2.08 bits per heavy atom. The summed E-state index contributed by atoms with van der Waals surface area (Å²) in [5.41, 5.74) is 14.7. The Labute approximate surface area is 151 Å². The zero-order valence-corrected chi connectivity index (χ0v) is 15.7. The summed E-state index contributed by atoms with van der Waals surface area (Å²) in [6.07, 6.45) is 6.62. The molecule has 0 aliphatic carbocycles. The van der Waals surface area contributed by atoms with Crippen LogP contribution in [0.3, 0.4) is 0 Å². The zero-order valence-electron chi connectivity index (χ0n) is 14.9. The second-order valence-corrected chi connectivity index (χ2v) is 7.29. The molecule has 25 heavy (non-hydrogen) atoms.